The highest BCUT2D eigenvalue weighted by atomic mass is 16.4. The summed E-state index contributed by atoms with van der Waals surface area (Å²) in [5, 5.41) is 12.4. The molecule has 1 aliphatic rings. The fourth-order valence-corrected chi connectivity index (χ4v) is 2.90. The predicted molar refractivity (Wildman–Crippen MR) is 77.5 cm³/mol. The molecule has 104 valence electrons. The van der Waals surface area contributed by atoms with Crippen LogP contribution in [0.4, 0.5) is 11.4 Å². The lowest BCUT2D eigenvalue weighted by Gasteiger charge is -2.36. The summed E-state index contributed by atoms with van der Waals surface area (Å²) < 4.78 is 0. The molecule has 1 unspecified atom stereocenters. The van der Waals surface area contributed by atoms with Crippen molar-refractivity contribution < 1.29 is 9.90 Å². The molecule has 0 saturated heterocycles. The molecule has 0 bridgehead atoms. The molecule has 19 heavy (non-hydrogen) atoms. The Kier molecular flexibility index (Phi) is 3.69. The van der Waals surface area contributed by atoms with Crippen LogP contribution in [-0.4, -0.2) is 17.1 Å². The van der Waals surface area contributed by atoms with Gasteiger partial charge in [0.2, 0.25) is 0 Å². The highest BCUT2D eigenvalue weighted by molar-refractivity contribution is 5.94. The molecule has 1 atom stereocenters. The van der Waals surface area contributed by atoms with Crippen molar-refractivity contribution in [1.29, 1.82) is 0 Å². The molecule has 0 heterocycles. The Hall–Kier alpha value is -1.71. The number of aromatic carboxylic acids is 1. The van der Waals surface area contributed by atoms with E-state index in [0.717, 1.165) is 18.5 Å². The molecular weight excluding hydrogens is 240 g/mol. The van der Waals surface area contributed by atoms with E-state index in [-0.39, 0.29) is 5.56 Å². The number of carboxylic acids is 1. The van der Waals surface area contributed by atoms with Crippen LogP contribution in [-0.2, 0) is 0 Å². The molecule has 0 spiro atoms. The number of anilines is 2. The van der Waals surface area contributed by atoms with Crippen LogP contribution in [0.3, 0.4) is 0 Å². The first kappa shape index (κ1) is 13.7. The molecule has 1 aromatic carbocycles. The molecule has 4 nitrogen and oxygen atoms in total. The third-order valence-electron chi connectivity index (χ3n) is 3.86. The Balaban J connectivity index is 2.07. The summed E-state index contributed by atoms with van der Waals surface area (Å²) in [6, 6.07) is 5.51. The van der Waals surface area contributed by atoms with Crippen molar-refractivity contribution in [2.75, 3.05) is 11.1 Å². The lowest BCUT2D eigenvalue weighted by Crippen LogP contribution is -2.31. The van der Waals surface area contributed by atoms with Gasteiger partial charge in [0.15, 0.2) is 0 Å². The average molecular weight is 262 g/mol. The van der Waals surface area contributed by atoms with E-state index < -0.39 is 5.97 Å². The number of hydrogen-bond acceptors (Lipinski definition) is 3. The number of nitrogen functional groups attached to an aromatic ring is 1. The van der Waals surface area contributed by atoms with Gasteiger partial charge in [0.05, 0.1) is 5.56 Å². The van der Waals surface area contributed by atoms with Crippen molar-refractivity contribution in [3.8, 4) is 0 Å². The van der Waals surface area contributed by atoms with Crippen LogP contribution in [0.15, 0.2) is 18.2 Å². The van der Waals surface area contributed by atoms with Gasteiger partial charge in [-0.05, 0) is 42.9 Å². The summed E-state index contributed by atoms with van der Waals surface area (Å²) in [7, 11) is 0. The Morgan fingerprint density at radius 3 is 2.79 bits per heavy atom. The second-order valence-corrected chi connectivity index (χ2v) is 6.21. The normalized spacial score (nSPS) is 21.9. The average Bonchev–Trinajstić information content (AvgIpc) is 2.27. The van der Waals surface area contributed by atoms with E-state index in [2.05, 4.69) is 19.2 Å². The van der Waals surface area contributed by atoms with E-state index in [0.29, 0.717) is 17.1 Å². The summed E-state index contributed by atoms with van der Waals surface area (Å²) in [4.78, 5) is 10.9. The Morgan fingerprint density at radius 2 is 2.21 bits per heavy atom. The zero-order chi connectivity index (χ0) is 14.0. The second-order valence-electron chi connectivity index (χ2n) is 6.21. The van der Waals surface area contributed by atoms with Crippen molar-refractivity contribution in [2.24, 2.45) is 5.41 Å². The third-order valence-corrected chi connectivity index (χ3v) is 3.86. The largest absolute Gasteiger partial charge is 0.478 e. The van der Waals surface area contributed by atoms with Gasteiger partial charge in [0, 0.05) is 17.4 Å². The Bertz CT molecular complexity index is 483. The lowest BCUT2D eigenvalue weighted by atomic mass is 9.75. The van der Waals surface area contributed by atoms with E-state index >= 15 is 0 Å². The molecule has 0 aliphatic heterocycles. The number of nitrogens with two attached hydrogens (primary N) is 1. The lowest BCUT2D eigenvalue weighted by molar-refractivity contribution is 0.0698. The highest BCUT2D eigenvalue weighted by Crippen LogP contribution is 2.36. The smallest absolute Gasteiger partial charge is 0.337 e. The zero-order valence-electron chi connectivity index (χ0n) is 11.6. The van der Waals surface area contributed by atoms with E-state index in [1.165, 1.54) is 12.8 Å². The van der Waals surface area contributed by atoms with Crippen molar-refractivity contribution in [2.45, 2.75) is 45.6 Å². The summed E-state index contributed by atoms with van der Waals surface area (Å²) >= 11 is 0. The summed E-state index contributed by atoms with van der Waals surface area (Å²) in [6.45, 7) is 4.59. The van der Waals surface area contributed by atoms with Gasteiger partial charge in [-0.3, -0.25) is 0 Å². The minimum atomic E-state index is -0.983. The first-order chi connectivity index (χ1) is 8.87. The fourth-order valence-electron chi connectivity index (χ4n) is 2.90. The molecule has 0 radical (unpaired) electrons. The third kappa shape index (κ3) is 3.40. The van der Waals surface area contributed by atoms with Crippen molar-refractivity contribution >= 4 is 17.3 Å². The van der Waals surface area contributed by atoms with Gasteiger partial charge in [0.25, 0.3) is 0 Å². The number of nitrogens with one attached hydrogen (secondary N) is 1. The van der Waals surface area contributed by atoms with E-state index in [1.54, 1.807) is 18.2 Å². The minimum absolute atomic E-state index is 0.162. The quantitative estimate of drug-likeness (QED) is 0.730. The molecule has 1 fully saturated rings. The first-order valence-electron chi connectivity index (χ1n) is 6.77. The van der Waals surface area contributed by atoms with Crippen LogP contribution in [0.1, 0.15) is 49.9 Å². The monoisotopic (exact) mass is 262 g/mol. The van der Waals surface area contributed by atoms with Gasteiger partial charge in [0.1, 0.15) is 0 Å². The number of carboxylic acid groups (broad SMARTS) is 1. The van der Waals surface area contributed by atoms with Gasteiger partial charge in [-0.15, -0.1) is 0 Å². The Morgan fingerprint density at radius 1 is 1.47 bits per heavy atom. The maximum absolute atomic E-state index is 10.9. The van der Waals surface area contributed by atoms with Gasteiger partial charge in [-0.2, -0.15) is 0 Å². The molecule has 1 aromatic rings. The number of hydrogen-bond donors (Lipinski definition) is 3. The van der Waals surface area contributed by atoms with Crippen molar-refractivity contribution in [1.82, 2.24) is 0 Å². The minimum Gasteiger partial charge on any atom is -0.478 e. The zero-order valence-corrected chi connectivity index (χ0v) is 11.6. The first-order valence-corrected chi connectivity index (χ1v) is 6.77. The highest BCUT2D eigenvalue weighted by Gasteiger charge is 2.27. The molecule has 2 rings (SSSR count). The van der Waals surface area contributed by atoms with Gasteiger partial charge >= 0.3 is 5.97 Å². The fraction of sp³-hybridized carbons (Fsp3) is 0.533. The van der Waals surface area contributed by atoms with Crippen molar-refractivity contribution in [3.05, 3.63) is 23.8 Å². The van der Waals surface area contributed by atoms with Gasteiger partial charge < -0.3 is 16.2 Å². The standard InChI is InChI=1S/C15H22N2O2/c1-15(2)7-3-4-11(9-15)17-10-5-6-12(14(18)19)13(16)8-10/h5-6,8,11,17H,3-4,7,9,16H2,1-2H3,(H,18,19). The van der Waals surface area contributed by atoms with Crippen molar-refractivity contribution in [3.63, 3.8) is 0 Å². The summed E-state index contributed by atoms with van der Waals surface area (Å²) in [5.41, 5.74) is 7.52. The molecule has 0 aromatic heterocycles. The topological polar surface area (TPSA) is 75.3 Å². The van der Waals surface area contributed by atoms with Gasteiger partial charge in [-0.1, -0.05) is 20.3 Å². The van der Waals surface area contributed by atoms with E-state index in [1.807, 2.05) is 0 Å². The van der Waals surface area contributed by atoms with Crippen LogP contribution < -0.4 is 11.1 Å². The molecule has 4 heteroatoms. The molecule has 1 saturated carbocycles. The number of benzene rings is 1. The summed E-state index contributed by atoms with van der Waals surface area (Å²) in [5.74, 6) is -0.983. The van der Waals surface area contributed by atoms with E-state index in [9.17, 15) is 4.79 Å². The Labute approximate surface area is 114 Å². The van der Waals surface area contributed by atoms with Gasteiger partial charge in [-0.25, -0.2) is 4.79 Å². The van der Waals surface area contributed by atoms with E-state index in [4.69, 9.17) is 10.8 Å². The summed E-state index contributed by atoms with van der Waals surface area (Å²) in [6.07, 6.45) is 4.79. The van der Waals surface area contributed by atoms with Crippen LogP contribution in [0.2, 0.25) is 0 Å². The molecule has 4 N–H and O–H groups in total. The van der Waals surface area contributed by atoms with Crippen LogP contribution in [0.5, 0.6) is 0 Å². The molecule has 0 amide bonds. The maximum atomic E-state index is 10.9. The SMILES string of the molecule is CC1(C)CCCC(Nc2ccc(C(=O)O)c(N)c2)C1. The second kappa shape index (κ2) is 5.11. The molecular formula is C15H22N2O2. The maximum Gasteiger partial charge on any atom is 0.337 e. The predicted octanol–water partition coefficient (Wildman–Crippen LogP) is 3.35. The molecule has 1 aliphatic carbocycles. The van der Waals surface area contributed by atoms with Crippen LogP contribution in [0, 0.1) is 5.41 Å². The van der Waals surface area contributed by atoms with Crippen LogP contribution >= 0.6 is 0 Å². The van der Waals surface area contributed by atoms with Crippen LogP contribution in [0.25, 0.3) is 0 Å². The number of rotatable bonds is 3. The number of carbonyl (C=O) groups is 1.